The Balaban J connectivity index is 0.0000000851. The minimum Gasteiger partial charge on any atom is -1.00 e. The highest BCUT2D eigenvalue weighted by Crippen LogP contribution is 2.85. The van der Waals surface area contributed by atoms with Crippen LogP contribution in [0.5, 0.6) is 0 Å². The highest BCUT2D eigenvalue weighted by Gasteiger charge is 2.79. The fourth-order valence-corrected chi connectivity index (χ4v) is 33.2. The Bertz CT molecular complexity index is 2410. The van der Waals surface area contributed by atoms with Gasteiger partial charge in [0.2, 0.25) is 0 Å². The van der Waals surface area contributed by atoms with E-state index in [0.29, 0.717) is 72.6 Å². The molecule has 0 heterocycles. The van der Waals surface area contributed by atoms with E-state index in [1.54, 1.807) is 32.1 Å². The van der Waals surface area contributed by atoms with Gasteiger partial charge in [-0.3, -0.25) is 4.79 Å². The molecule has 0 aliphatic heterocycles. The van der Waals surface area contributed by atoms with Crippen molar-refractivity contribution < 1.29 is 33.1 Å². The predicted molar refractivity (Wildman–Crippen MR) is 292 cm³/mol. The number of azide groups is 1. The van der Waals surface area contributed by atoms with E-state index >= 15 is 0 Å². The number of aliphatic hydroxyl groups is 1. The van der Waals surface area contributed by atoms with Crippen LogP contribution in [0, 0.1) is 183 Å². The van der Waals surface area contributed by atoms with E-state index in [-0.39, 0.29) is 17.8 Å². The van der Waals surface area contributed by atoms with Gasteiger partial charge in [0.15, 0.2) is 0 Å². The summed E-state index contributed by atoms with van der Waals surface area (Å²) in [7, 11) is 0. The molecule has 16 unspecified atom stereocenters. The Kier molecular flexibility index (Phi) is 9.90. The summed E-state index contributed by atoms with van der Waals surface area (Å²) < 4.78 is 0. The largest absolute Gasteiger partial charge is 1.00 e. The van der Waals surface area contributed by atoms with Crippen molar-refractivity contribution in [3.63, 3.8) is 0 Å². The number of aliphatic hydroxyl groups excluding tert-OH is 1. The third kappa shape index (κ3) is 5.96. The summed E-state index contributed by atoms with van der Waals surface area (Å²) >= 11 is 0. The van der Waals surface area contributed by atoms with Gasteiger partial charge in [-0.25, -0.2) is 0 Å². The van der Waals surface area contributed by atoms with E-state index in [9.17, 15) is 15.0 Å². The van der Waals surface area contributed by atoms with Crippen molar-refractivity contribution in [1.82, 2.24) is 0 Å². The van der Waals surface area contributed by atoms with Gasteiger partial charge in [0.25, 0.3) is 0 Å². The summed E-state index contributed by atoms with van der Waals surface area (Å²) in [6, 6.07) is 0. The zero-order chi connectivity index (χ0) is 51.6. The average Bonchev–Trinajstić information content (AvgIpc) is 2.20. The van der Waals surface area contributed by atoms with Crippen LogP contribution >= 0.6 is 0 Å². The molecule has 0 amide bonds. The fourth-order valence-electron chi connectivity index (χ4n) is 33.2. The first kappa shape index (κ1) is 50.7. The van der Waals surface area contributed by atoms with E-state index < -0.39 is 5.97 Å². The van der Waals surface area contributed by atoms with Crippen LogP contribution in [-0.4, -0.2) is 35.9 Å². The lowest BCUT2D eigenvalue weighted by Gasteiger charge is -2.78. The molecule has 76 heavy (non-hydrogen) atoms. The lowest BCUT2D eigenvalue weighted by molar-refractivity contribution is -0.437. The van der Waals surface area contributed by atoms with Crippen LogP contribution in [0.3, 0.4) is 0 Å². The number of carboxylic acid groups (broad SMARTS) is 1. The number of hydrogen-bond donors (Lipinski definition) is 3. The third-order valence-corrected chi connectivity index (χ3v) is 33.3. The Morgan fingerprint density at radius 2 is 0.684 bits per heavy atom. The number of aliphatic carboxylic acids is 1. The molecule has 0 saturated heterocycles. The zero-order valence-electron chi connectivity index (χ0n) is 48.9. The molecule has 0 aromatic carbocycles. The van der Waals surface area contributed by atoms with Gasteiger partial charge in [-0.05, 0) is 327 Å². The van der Waals surface area contributed by atoms with E-state index in [0.717, 1.165) is 125 Å². The number of rotatable bonds is 5. The van der Waals surface area contributed by atoms with Crippen LogP contribution in [-0.2, 0) is 4.79 Å². The molecule has 28 fully saturated rings. The highest BCUT2D eigenvalue weighted by molar-refractivity contribution is 5.77. The molecule has 0 radical (unpaired) electrons. The van der Waals surface area contributed by atoms with Crippen LogP contribution in [0.15, 0.2) is 5.11 Å². The first-order valence-corrected chi connectivity index (χ1v) is 33.0. The number of hydrogen-bond acceptors (Lipinski definition) is 3. The number of nitrogens with zero attached hydrogens (tertiary/aromatic N) is 3. The molecule has 28 rings (SSSR count). The standard InChI is InChI=1S/C17H25N3.C17H27N.C17H24O2.C17H26O.ClH/c1-15-3-10-11-4-16(2)5-12(10)14(7-15)17(8-16,9-19-20-18)13(11)6-15;1-15-3-10-11-4-16(2)5-12(10)14(7-15)17(8-16,9-18)13(11)6-15;1-15-3-9-10-4-16(2)5-11(9)13(7-15)17(8-16,14(18)19)12(10)6-15;1-15-3-10-11-4-16(2)5-12(10)14(7-15)17(8-16,9-18)13(11)6-15;/h10-14H,3-9H2,1-2H3;10-14H,3-9,18H2,1-2H3;9-13H,3-8H2,1-2H3,(H,18,19);10-14,18H,3-9H2,1-2H3;1H. The van der Waals surface area contributed by atoms with Crippen LogP contribution in [0.25, 0.3) is 10.4 Å². The minimum absolute atomic E-state index is 0. The van der Waals surface area contributed by atoms with Gasteiger partial charge < -0.3 is 28.4 Å². The number of halogens is 1. The summed E-state index contributed by atoms with van der Waals surface area (Å²) in [5.41, 5.74) is 19.1. The molecule has 5 N–H and O–H groups in total. The molecule has 28 saturated carbocycles. The second-order valence-electron chi connectivity index (χ2n) is 37.9. The molecule has 0 spiro atoms. The number of carboxylic acids is 1. The molecule has 16 atom stereocenters. The van der Waals surface area contributed by atoms with E-state index in [4.69, 9.17) is 5.53 Å². The van der Waals surface area contributed by atoms with Crippen LogP contribution < -0.4 is 18.1 Å². The van der Waals surface area contributed by atoms with Crippen molar-refractivity contribution in [3.05, 3.63) is 10.4 Å². The second-order valence-corrected chi connectivity index (χ2v) is 37.9. The lowest BCUT2D eigenvalue weighted by Crippen LogP contribution is -3.00. The highest BCUT2D eigenvalue weighted by atomic mass is 35.5. The maximum absolute atomic E-state index is 12.2. The fraction of sp³-hybridized carbons (Fsp3) is 0.985. The number of quaternary nitrogens is 1. The van der Waals surface area contributed by atoms with Gasteiger partial charge in [0, 0.05) is 28.9 Å². The summed E-state index contributed by atoms with van der Waals surface area (Å²) in [5.74, 6) is 17.9. The zero-order valence-corrected chi connectivity index (χ0v) is 49.6. The molecule has 32 bridgehead atoms. The molecule has 0 aromatic heterocycles. The first-order valence-electron chi connectivity index (χ1n) is 33.0. The lowest BCUT2D eigenvalue weighted by atomic mass is 9.26. The van der Waals surface area contributed by atoms with Crippen molar-refractivity contribution in [2.75, 3.05) is 19.7 Å². The quantitative estimate of drug-likeness (QED) is 0.144. The topological polar surface area (TPSA) is 134 Å². The van der Waals surface area contributed by atoms with Gasteiger partial charge in [0.1, 0.15) is 0 Å². The summed E-state index contributed by atoms with van der Waals surface area (Å²) in [5, 5.41) is 24.4. The van der Waals surface area contributed by atoms with Gasteiger partial charge in [-0.15, -0.1) is 0 Å². The molecule has 8 heteroatoms. The van der Waals surface area contributed by atoms with Crippen molar-refractivity contribution in [3.8, 4) is 0 Å². The Labute approximate surface area is 464 Å². The Morgan fingerprint density at radius 3 is 1.00 bits per heavy atom. The predicted octanol–water partition coefficient (Wildman–Crippen LogP) is 11.5. The monoisotopic (exact) mass is 1060 g/mol. The van der Waals surface area contributed by atoms with Crippen molar-refractivity contribution >= 4 is 5.97 Å². The van der Waals surface area contributed by atoms with E-state index in [1.165, 1.54) is 122 Å². The van der Waals surface area contributed by atoms with Crippen molar-refractivity contribution in [2.45, 2.75) is 209 Å². The van der Waals surface area contributed by atoms with Gasteiger partial charge in [-0.2, -0.15) is 0 Å². The van der Waals surface area contributed by atoms with Crippen LogP contribution in [0.4, 0.5) is 0 Å². The van der Waals surface area contributed by atoms with Crippen molar-refractivity contribution in [1.29, 1.82) is 0 Å². The van der Waals surface area contributed by atoms with E-state index in [2.05, 4.69) is 71.1 Å². The molecule has 0 aromatic rings. The van der Waals surface area contributed by atoms with Crippen molar-refractivity contribution in [2.24, 2.45) is 188 Å². The average molecular weight is 1060 g/mol. The maximum Gasteiger partial charge on any atom is 0.310 e. The molecular weight excluding hydrogens is 956 g/mol. The molecule has 420 valence electrons. The summed E-state index contributed by atoms with van der Waals surface area (Å²) in [6.07, 6.45) is 34.2. The maximum atomic E-state index is 12.2. The Hall–Kier alpha value is -1.01. The summed E-state index contributed by atoms with van der Waals surface area (Å²) in [4.78, 5) is 15.4. The minimum atomic E-state index is -0.439. The second kappa shape index (κ2) is 14.8. The number of carbonyl (C=O) groups is 1. The third-order valence-electron chi connectivity index (χ3n) is 33.3. The molecule has 7 nitrogen and oxygen atoms in total. The van der Waals surface area contributed by atoms with Gasteiger partial charge in [0.05, 0.1) is 12.0 Å². The smallest absolute Gasteiger partial charge is 0.310 e. The molecule has 28 aliphatic rings. The SMILES string of the molecule is CC12CC3C4CC5(C)CC3C(C1)C(C(=O)O)(C5)C4C2.CC12CC3C4CC5(C)CC3C(C1)C(CN=[N+]=[N-])(C5)C4C2.CC12CC3C4CC5(C)CC3C(C1)C(CO)(C5)C4C2.CC12CC3C4CC5(C)CC3C(C1)C(C[NH3+])(C5)C4C2.[Cl-]. The molecular formula is C68H103ClN4O3. The van der Waals surface area contributed by atoms with Gasteiger partial charge in [-0.1, -0.05) is 60.5 Å². The van der Waals surface area contributed by atoms with Gasteiger partial charge >= 0.3 is 5.97 Å². The summed E-state index contributed by atoms with van der Waals surface area (Å²) in [6.45, 7) is 22.8. The normalized spacial score (nSPS) is 67.7. The Morgan fingerprint density at radius 1 is 0.421 bits per heavy atom. The first-order chi connectivity index (χ1) is 35.3. The molecule has 28 aliphatic carbocycles. The van der Waals surface area contributed by atoms with Crippen LogP contribution in [0.1, 0.15) is 209 Å². The van der Waals surface area contributed by atoms with E-state index in [1.807, 2.05) is 0 Å². The van der Waals surface area contributed by atoms with Crippen LogP contribution in [0.2, 0.25) is 0 Å².